The molecule has 0 atom stereocenters. The molecular formula is C30H20F2N2O8. The number of anilines is 4. The van der Waals surface area contributed by atoms with E-state index in [1.165, 1.54) is 62.8 Å². The minimum atomic E-state index is -1.33. The summed E-state index contributed by atoms with van der Waals surface area (Å²) < 4.78 is 41.9. The normalized spacial score (nSPS) is 11.8. The van der Waals surface area contributed by atoms with Gasteiger partial charge in [0.25, 0.3) is 0 Å². The Morgan fingerprint density at radius 3 is 1.24 bits per heavy atom. The number of phenolic OH excluding ortho intramolecular Hbond substituents is 2. The van der Waals surface area contributed by atoms with E-state index in [9.17, 15) is 29.4 Å². The van der Waals surface area contributed by atoms with E-state index < -0.39 is 80.3 Å². The molecule has 5 rings (SSSR count). The van der Waals surface area contributed by atoms with E-state index in [0.717, 1.165) is 12.1 Å². The first-order chi connectivity index (χ1) is 20.1. The molecule has 0 radical (unpaired) electrons. The average molecular weight is 574 g/mol. The van der Waals surface area contributed by atoms with Crippen molar-refractivity contribution in [3.05, 3.63) is 106 Å². The Hall–Kier alpha value is -5.78. The van der Waals surface area contributed by atoms with Crippen molar-refractivity contribution in [1.29, 1.82) is 0 Å². The van der Waals surface area contributed by atoms with Gasteiger partial charge < -0.3 is 30.3 Å². The van der Waals surface area contributed by atoms with Gasteiger partial charge in [0.2, 0.25) is 11.6 Å². The van der Waals surface area contributed by atoms with Crippen molar-refractivity contribution in [2.75, 3.05) is 24.9 Å². The van der Waals surface area contributed by atoms with Crippen LogP contribution in [-0.4, -0.2) is 47.9 Å². The highest BCUT2D eigenvalue weighted by Gasteiger charge is 2.41. The predicted molar refractivity (Wildman–Crippen MR) is 145 cm³/mol. The number of benzene rings is 4. The van der Waals surface area contributed by atoms with E-state index in [0.29, 0.717) is 0 Å². The second kappa shape index (κ2) is 10.7. The Labute approximate surface area is 236 Å². The lowest BCUT2D eigenvalue weighted by Gasteiger charge is -2.24. The molecule has 4 N–H and O–H groups in total. The van der Waals surface area contributed by atoms with Gasteiger partial charge in [-0.2, -0.15) is 0 Å². The molecule has 1 aliphatic carbocycles. The second-order valence-corrected chi connectivity index (χ2v) is 9.03. The van der Waals surface area contributed by atoms with Crippen molar-refractivity contribution in [2.24, 2.45) is 0 Å². The molecule has 0 aromatic heterocycles. The van der Waals surface area contributed by atoms with Gasteiger partial charge in [-0.25, -0.2) is 18.4 Å². The van der Waals surface area contributed by atoms with E-state index in [-0.39, 0.29) is 22.5 Å². The SMILES string of the molecule is COC(=O)c1ccc(Nc2c(F)c3c(c(F)c2Nc2ccc(C(=O)OC)cc2)C(=O)c2c(O)ccc(O)c2C3=O)cc1. The van der Waals surface area contributed by atoms with Crippen LogP contribution in [0, 0.1) is 11.6 Å². The first-order valence-corrected chi connectivity index (χ1v) is 12.2. The van der Waals surface area contributed by atoms with E-state index in [4.69, 9.17) is 0 Å². The minimum absolute atomic E-state index is 0.167. The smallest absolute Gasteiger partial charge is 0.337 e. The number of esters is 2. The van der Waals surface area contributed by atoms with Crippen LogP contribution in [0.15, 0.2) is 60.7 Å². The summed E-state index contributed by atoms with van der Waals surface area (Å²) in [4.78, 5) is 50.4. The van der Waals surface area contributed by atoms with E-state index >= 15 is 8.78 Å². The number of hydrogen-bond donors (Lipinski definition) is 4. The fraction of sp³-hybridized carbons (Fsp3) is 0.0667. The largest absolute Gasteiger partial charge is 0.507 e. The van der Waals surface area contributed by atoms with Crippen LogP contribution in [0.2, 0.25) is 0 Å². The molecule has 0 saturated carbocycles. The number of ether oxygens (including phenoxy) is 2. The molecule has 0 aliphatic heterocycles. The third-order valence-electron chi connectivity index (χ3n) is 6.60. The van der Waals surface area contributed by atoms with Gasteiger partial charge in [0.15, 0.2) is 11.6 Å². The Balaban J connectivity index is 1.69. The zero-order chi connectivity index (χ0) is 30.3. The third kappa shape index (κ3) is 4.54. The highest BCUT2D eigenvalue weighted by molar-refractivity contribution is 6.31. The third-order valence-corrected chi connectivity index (χ3v) is 6.60. The first kappa shape index (κ1) is 27.8. The number of phenols is 2. The summed E-state index contributed by atoms with van der Waals surface area (Å²) in [7, 11) is 2.40. The summed E-state index contributed by atoms with van der Waals surface area (Å²) in [6.07, 6.45) is 0. The lowest BCUT2D eigenvalue weighted by Crippen LogP contribution is -2.26. The van der Waals surface area contributed by atoms with Gasteiger partial charge >= 0.3 is 11.9 Å². The molecule has 212 valence electrons. The summed E-state index contributed by atoms with van der Waals surface area (Å²) >= 11 is 0. The number of carbonyl (C=O) groups is 4. The molecule has 0 spiro atoms. The number of rotatable bonds is 6. The number of carbonyl (C=O) groups excluding carboxylic acids is 4. The molecule has 0 fully saturated rings. The second-order valence-electron chi connectivity index (χ2n) is 9.03. The van der Waals surface area contributed by atoms with Gasteiger partial charge in [-0.3, -0.25) is 9.59 Å². The summed E-state index contributed by atoms with van der Waals surface area (Å²) in [6.45, 7) is 0. The van der Waals surface area contributed by atoms with Crippen molar-refractivity contribution in [1.82, 2.24) is 0 Å². The molecule has 42 heavy (non-hydrogen) atoms. The number of fused-ring (bicyclic) bond motifs is 2. The van der Waals surface area contributed by atoms with Crippen molar-refractivity contribution < 1.29 is 47.6 Å². The monoisotopic (exact) mass is 574 g/mol. The maximum atomic E-state index is 16.3. The molecule has 1 aliphatic rings. The molecule has 0 amide bonds. The van der Waals surface area contributed by atoms with Crippen molar-refractivity contribution in [2.45, 2.75) is 0 Å². The average Bonchev–Trinajstić information content (AvgIpc) is 3.00. The maximum absolute atomic E-state index is 16.3. The molecule has 10 nitrogen and oxygen atoms in total. The van der Waals surface area contributed by atoms with Crippen LogP contribution in [0.4, 0.5) is 31.5 Å². The topological polar surface area (TPSA) is 151 Å². The maximum Gasteiger partial charge on any atom is 0.337 e. The number of hydrogen-bond acceptors (Lipinski definition) is 10. The molecule has 0 heterocycles. The molecule has 4 aromatic rings. The fourth-order valence-corrected chi connectivity index (χ4v) is 4.54. The quantitative estimate of drug-likeness (QED) is 0.157. The van der Waals surface area contributed by atoms with Gasteiger partial charge in [-0.15, -0.1) is 0 Å². The van der Waals surface area contributed by atoms with Crippen molar-refractivity contribution in [3.63, 3.8) is 0 Å². The van der Waals surface area contributed by atoms with Crippen molar-refractivity contribution >= 4 is 46.3 Å². The van der Waals surface area contributed by atoms with E-state index in [1.54, 1.807) is 0 Å². The highest BCUT2D eigenvalue weighted by atomic mass is 19.1. The molecule has 0 bridgehead atoms. The lowest BCUT2D eigenvalue weighted by molar-refractivity contribution is 0.0592. The zero-order valence-corrected chi connectivity index (χ0v) is 21.9. The number of methoxy groups -OCH3 is 2. The first-order valence-electron chi connectivity index (χ1n) is 12.2. The fourth-order valence-electron chi connectivity index (χ4n) is 4.54. The van der Waals surface area contributed by atoms with Crippen LogP contribution < -0.4 is 10.6 Å². The number of nitrogens with one attached hydrogen (secondary N) is 2. The van der Waals surface area contributed by atoms with Crippen LogP contribution in [0.1, 0.15) is 52.6 Å². The Morgan fingerprint density at radius 2 is 0.929 bits per heavy atom. The molecule has 0 saturated heterocycles. The standard InChI is InChI=1S/C30H20F2N2O8/c1-41-29(39)13-3-7-15(8-4-13)33-25-23(31)21-22(28(38)20-18(36)12-11-17(35)19(20)27(21)37)24(32)26(25)34-16-9-5-14(6-10-16)30(40)42-2/h3-12,33-36H,1-2H3. The van der Waals surface area contributed by atoms with Crippen LogP contribution in [0.5, 0.6) is 11.5 Å². The molecule has 0 unspecified atom stereocenters. The number of halogens is 2. The van der Waals surface area contributed by atoms with Crippen LogP contribution in [0.3, 0.4) is 0 Å². The van der Waals surface area contributed by atoms with Gasteiger partial charge in [-0.1, -0.05) is 0 Å². The van der Waals surface area contributed by atoms with Gasteiger partial charge in [0.1, 0.15) is 22.9 Å². The molecular weight excluding hydrogens is 554 g/mol. The predicted octanol–water partition coefficient (Wildman–Crippen LogP) is 5.21. The Morgan fingerprint density at radius 1 is 0.595 bits per heavy atom. The highest BCUT2D eigenvalue weighted by Crippen LogP contribution is 2.45. The molecule has 12 heteroatoms. The summed E-state index contributed by atoms with van der Waals surface area (Å²) in [5, 5.41) is 25.9. The number of ketones is 2. The Kier molecular flexibility index (Phi) is 7.05. The Bertz CT molecular complexity index is 1670. The van der Waals surface area contributed by atoms with Crippen LogP contribution in [0.25, 0.3) is 0 Å². The number of aromatic hydroxyl groups is 2. The van der Waals surface area contributed by atoms with E-state index in [2.05, 4.69) is 20.1 Å². The van der Waals surface area contributed by atoms with E-state index in [1.807, 2.05) is 0 Å². The molecule has 4 aromatic carbocycles. The van der Waals surface area contributed by atoms with Crippen LogP contribution in [-0.2, 0) is 9.47 Å². The lowest BCUT2D eigenvalue weighted by atomic mass is 9.81. The summed E-state index contributed by atoms with van der Waals surface area (Å²) in [6, 6.07) is 12.9. The van der Waals surface area contributed by atoms with Gasteiger partial charge in [0, 0.05) is 11.4 Å². The minimum Gasteiger partial charge on any atom is -0.507 e. The van der Waals surface area contributed by atoms with Crippen LogP contribution >= 0.6 is 0 Å². The summed E-state index contributed by atoms with van der Waals surface area (Å²) in [5.74, 6) is -7.76. The van der Waals surface area contributed by atoms with Gasteiger partial charge in [-0.05, 0) is 60.7 Å². The summed E-state index contributed by atoms with van der Waals surface area (Å²) in [5.41, 5.74) is -3.72. The zero-order valence-electron chi connectivity index (χ0n) is 21.9. The van der Waals surface area contributed by atoms with Crippen molar-refractivity contribution in [3.8, 4) is 11.5 Å². The van der Waals surface area contributed by atoms with Gasteiger partial charge in [0.05, 0.1) is 47.6 Å².